The molecule has 0 spiro atoms. The number of halogens is 1. The van der Waals surface area contributed by atoms with Crippen LogP contribution >= 0.6 is 11.6 Å². The summed E-state index contributed by atoms with van der Waals surface area (Å²) in [5.41, 5.74) is 1.57. The van der Waals surface area contributed by atoms with Gasteiger partial charge in [-0.3, -0.25) is 9.10 Å². The topological polar surface area (TPSA) is 66.5 Å². The van der Waals surface area contributed by atoms with Gasteiger partial charge in [-0.2, -0.15) is 0 Å². The standard InChI is InChI=1S/C13H17ClN2O3S/c1-10-8-16(20(18,19)9-10)12-4-2-11(3-5-12)7-15-13(17)6-14/h2-5,10H,6-9H2,1H3,(H,15,17). The summed E-state index contributed by atoms with van der Waals surface area (Å²) in [4.78, 5) is 11.1. The number of alkyl halides is 1. The Morgan fingerprint density at radius 1 is 1.40 bits per heavy atom. The van der Waals surface area contributed by atoms with E-state index in [1.54, 1.807) is 12.1 Å². The molecule has 1 saturated heterocycles. The molecular weight excluding hydrogens is 300 g/mol. The van der Waals surface area contributed by atoms with Crippen LogP contribution in [0.25, 0.3) is 0 Å². The number of carbonyl (C=O) groups is 1. The van der Waals surface area contributed by atoms with Crippen LogP contribution in [0.2, 0.25) is 0 Å². The van der Waals surface area contributed by atoms with Gasteiger partial charge in [-0.15, -0.1) is 11.6 Å². The number of hydrogen-bond acceptors (Lipinski definition) is 3. The van der Waals surface area contributed by atoms with Crippen LogP contribution < -0.4 is 9.62 Å². The Morgan fingerprint density at radius 2 is 2.05 bits per heavy atom. The number of carbonyl (C=O) groups excluding carboxylic acids is 1. The third-order valence-corrected chi connectivity index (χ3v) is 5.41. The van der Waals surface area contributed by atoms with Crippen molar-refractivity contribution < 1.29 is 13.2 Å². The highest BCUT2D eigenvalue weighted by molar-refractivity contribution is 7.93. The highest BCUT2D eigenvalue weighted by atomic mass is 35.5. The molecule has 0 aromatic heterocycles. The maximum absolute atomic E-state index is 12.0. The number of anilines is 1. The van der Waals surface area contributed by atoms with Crippen LogP contribution in [0.1, 0.15) is 12.5 Å². The fourth-order valence-electron chi connectivity index (χ4n) is 2.19. The molecule has 1 aliphatic rings. The summed E-state index contributed by atoms with van der Waals surface area (Å²) in [5.74, 6) is 0.0390. The summed E-state index contributed by atoms with van der Waals surface area (Å²) < 4.78 is 25.4. The quantitative estimate of drug-likeness (QED) is 0.852. The Hall–Kier alpha value is -1.27. The normalized spacial score (nSPS) is 20.9. The third-order valence-electron chi connectivity index (χ3n) is 3.14. The predicted molar refractivity (Wildman–Crippen MR) is 79.3 cm³/mol. The average Bonchev–Trinajstić information content (AvgIpc) is 2.69. The lowest BCUT2D eigenvalue weighted by Gasteiger charge is -2.17. The first-order chi connectivity index (χ1) is 9.42. The van der Waals surface area contributed by atoms with Gasteiger partial charge >= 0.3 is 0 Å². The minimum absolute atomic E-state index is 0.0675. The van der Waals surface area contributed by atoms with E-state index in [1.807, 2.05) is 19.1 Å². The molecule has 1 heterocycles. The summed E-state index contributed by atoms with van der Waals surface area (Å²) in [6.07, 6.45) is 0. The van der Waals surface area contributed by atoms with Gasteiger partial charge in [-0.1, -0.05) is 19.1 Å². The van der Waals surface area contributed by atoms with E-state index < -0.39 is 10.0 Å². The monoisotopic (exact) mass is 316 g/mol. The van der Waals surface area contributed by atoms with Gasteiger partial charge in [0.1, 0.15) is 5.88 Å². The van der Waals surface area contributed by atoms with Gasteiger partial charge in [0.15, 0.2) is 0 Å². The minimum atomic E-state index is -3.19. The van der Waals surface area contributed by atoms with Crippen molar-refractivity contribution in [2.75, 3.05) is 22.5 Å². The first kappa shape index (κ1) is 15.1. The van der Waals surface area contributed by atoms with Crippen molar-refractivity contribution in [1.82, 2.24) is 5.32 Å². The van der Waals surface area contributed by atoms with Crippen LogP contribution in [0, 0.1) is 5.92 Å². The fraction of sp³-hybridized carbons (Fsp3) is 0.462. The molecule has 0 radical (unpaired) electrons. The molecule has 1 atom stereocenters. The molecule has 0 aliphatic carbocycles. The fourth-order valence-corrected chi connectivity index (χ4v) is 4.22. The first-order valence-corrected chi connectivity index (χ1v) is 8.49. The molecule has 1 fully saturated rings. The molecule has 1 N–H and O–H groups in total. The SMILES string of the molecule is CC1CN(c2ccc(CNC(=O)CCl)cc2)S(=O)(=O)C1. The van der Waals surface area contributed by atoms with Crippen LogP contribution in [0.5, 0.6) is 0 Å². The summed E-state index contributed by atoms with van der Waals surface area (Å²) in [5, 5.41) is 2.66. The number of nitrogens with one attached hydrogen (secondary N) is 1. The lowest BCUT2D eigenvalue weighted by molar-refractivity contribution is -0.118. The van der Waals surface area contributed by atoms with Gasteiger partial charge < -0.3 is 5.32 Å². The second kappa shape index (κ2) is 6.01. The van der Waals surface area contributed by atoms with Crippen molar-refractivity contribution in [2.45, 2.75) is 13.5 Å². The number of amides is 1. The number of benzene rings is 1. The van der Waals surface area contributed by atoms with E-state index in [-0.39, 0.29) is 23.5 Å². The molecule has 2 rings (SSSR count). The smallest absolute Gasteiger partial charge is 0.235 e. The highest BCUT2D eigenvalue weighted by Crippen LogP contribution is 2.26. The minimum Gasteiger partial charge on any atom is -0.351 e. The van der Waals surface area contributed by atoms with Crippen molar-refractivity contribution in [3.63, 3.8) is 0 Å². The summed E-state index contributed by atoms with van der Waals surface area (Å²) >= 11 is 5.39. The zero-order valence-electron chi connectivity index (χ0n) is 11.2. The Balaban J connectivity index is 2.07. The molecule has 1 aromatic rings. The van der Waals surface area contributed by atoms with Gasteiger partial charge in [0.2, 0.25) is 15.9 Å². The summed E-state index contributed by atoms with van der Waals surface area (Å²) in [6, 6.07) is 7.14. The van der Waals surface area contributed by atoms with Crippen LogP contribution in [0.4, 0.5) is 5.69 Å². The number of nitrogens with zero attached hydrogens (tertiary/aromatic N) is 1. The molecular formula is C13H17ClN2O3S. The molecule has 7 heteroatoms. The Bertz CT molecular complexity index is 586. The molecule has 1 amide bonds. The van der Waals surface area contributed by atoms with Gasteiger partial charge in [0.05, 0.1) is 11.4 Å². The van der Waals surface area contributed by atoms with Crippen molar-refractivity contribution in [2.24, 2.45) is 5.92 Å². The zero-order chi connectivity index (χ0) is 14.8. The zero-order valence-corrected chi connectivity index (χ0v) is 12.7. The van der Waals surface area contributed by atoms with Crippen LogP contribution in [-0.2, 0) is 21.4 Å². The molecule has 1 aromatic carbocycles. The lowest BCUT2D eigenvalue weighted by atomic mass is 10.2. The lowest BCUT2D eigenvalue weighted by Crippen LogP contribution is -2.25. The molecule has 5 nitrogen and oxygen atoms in total. The van der Waals surface area contributed by atoms with Crippen molar-refractivity contribution >= 4 is 33.2 Å². The Kier molecular flexibility index (Phi) is 4.55. The number of sulfonamides is 1. The van der Waals surface area contributed by atoms with E-state index in [1.165, 1.54) is 4.31 Å². The summed E-state index contributed by atoms with van der Waals surface area (Å²) in [7, 11) is -3.19. The van der Waals surface area contributed by atoms with E-state index in [9.17, 15) is 13.2 Å². The third kappa shape index (κ3) is 3.43. The van der Waals surface area contributed by atoms with Gasteiger partial charge in [0.25, 0.3) is 0 Å². The Labute approximate surface area is 124 Å². The van der Waals surface area contributed by atoms with E-state index in [2.05, 4.69) is 5.32 Å². The van der Waals surface area contributed by atoms with Crippen LogP contribution in [0.15, 0.2) is 24.3 Å². The average molecular weight is 317 g/mol. The number of rotatable bonds is 4. The van der Waals surface area contributed by atoms with Crippen LogP contribution in [0.3, 0.4) is 0 Å². The van der Waals surface area contributed by atoms with Crippen molar-refractivity contribution in [3.8, 4) is 0 Å². The van der Waals surface area contributed by atoms with Crippen molar-refractivity contribution in [3.05, 3.63) is 29.8 Å². The molecule has 1 aliphatic heterocycles. The van der Waals surface area contributed by atoms with Gasteiger partial charge in [0, 0.05) is 13.1 Å². The second-order valence-electron chi connectivity index (χ2n) is 4.99. The molecule has 20 heavy (non-hydrogen) atoms. The molecule has 0 saturated carbocycles. The molecule has 110 valence electrons. The maximum atomic E-state index is 12.0. The summed E-state index contributed by atoms with van der Waals surface area (Å²) in [6.45, 7) is 2.83. The largest absolute Gasteiger partial charge is 0.351 e. The van der Waals surface area contributed by atoms with Gasteiger partial charge in [-0.25, -0.2) is 8.42 Å². The molecule has 0 bridgehead atoms. The maximum Gasteiger partial charge on any atom is 0.235 e. The van der Waals surface area contributed by atoms with Crippen LogP contribution in [-0.4, -0.2) is 32.5 Å². The van der Waals surface area contributed by atoms with E-state index in [4.69, 9.17) is 11.6 Å². The predicted octanol–water partition coefficient (Wildman–Crippen LogP) is 1.33. The van der Waals surface area contributed by atoms with E-state index in [0.717, 1.165) is 5.56 Å². The molecule has 1 unspecified atom stereocenters. The highest BCUT2D eigenvalue weighted by Gasteiger charge is 2.33. The second-order valence-corrected chi connectivity index (χ2v) is 7.20. The number of hydrogen-bond donors (Lipinski definition) is 1. The Morgan fingerprint density at radius 3 is 2.55 bits per heavy atom. The first-order valence-electron chi connectivity index (χ1n) is 6.34. The van der Waals surface area contributed by atoms with E-state index >= 15 is 0 Å². The van der Waals surface area contributed by atoms with Crippen molar-refractivity contribution in [1.29, 1.82) is 0 Å². The van der Waals surface area contributed by atoms with E-state index in [0.29, 0.717) is 18.8 Å². The van der Waals surface area contributed by atoms with Gasteiger partial charge in [-0.05, 0) is 23.6 Å².